The molecule has 1 aromatic carbocycles. The van der Waals surface area contributed by atoms with Gasteiger partial charge in [0.15, 0.2) is 0 Å². The minimum Gasteiger partial charge on any atom is -0.395 e. The fourth-order valence-corrected chi connectivity index (χ4v) is 1.64. The molecule has 0 radical (unpaired) electrons. The number of benzene rings is 1. The molecule has 1 N–H and O–H groups in total. The number of aliphatic hydroxyl groups excluding tert-OH is 1. The SMILES string of the molecule is CCCN(CCO)C(=O)c1cccc([N+](=O)[O-])c1. The van der Waals surface area contributed by atoms with E-state index in [-0.39, 0.29) is 30.3 Å². The van der Waals surface area contributed by atoms with Crippen molar-refractivity contribution in [1.82, 2.24) is 4.90 Å². The molecule has 0 aromatic heterocycles. The first-order chi connectivity index (χ1) is 8.60. The molecule has 0 aliphatic rings. The van der Waals surface area contributed by atoms with Crippen molar-refractivity contribution in [2.75, 3.05) is 19.7 Å². The number of nitro benzene ring substituents is 1. The maximum Gasteiger partial charge on any atom is 0.270 e. The van der Waals surface area contributed by atoms with E-state index < -0.39 is 4.92 Å². The summed E-state index contributed by atoms with van der Waals surface area (Å²) in [6.07, 6.45) is 0.765. The summed E-state index contributed by atoms with van der Waals surface area (Å²) in [6.45, 7) is 2.54. The zero-order valence-corrected chi connectivity index (χ0v) is 10.2. The molecule has 1 aromatic rings. The first-order valence-electron chi connectivity index (χ1n) is 5.74. The quantitative estimate of drug-likeness (QED) is 0.613. The Bertz CT molecular complexity index is 428. The third kappa shape index (κ3) is 3.53. The van der Waals surface area contributed by atoms with Crippen molar-refractivity contribution in [3.8, 4) is 0 Å². The number of hydrogen-bond donors (Lipinski definition) is 1. The van der Waals surface area contributed by atoms with E-state index in [0.717, 1.165) is 6.42 Å². The Morgan fingerprint density at radius 1 is 1.44 bits per heavy atom. The van der Waals surface area contributed by atoms with Crippen LogP contribution in [0.25, 0.3) is 0 Å². The van der Waals surface area contributed by atoms with Gasteiger partial charge in [0, 0.05) is 30.8 Å². The van der Waals surface area contributed by atoms with E-state index in [4.69, 9.17) is 5.11 Å². The highest BCUT2D eigenvalue weighted by molar-refractivity contribution is 5.94. The van der Waals surface area contributed by atoms with Gasteiger partial charge in [-0.2, -0.15) is 0 Å². The molecule has 0 aliphatic heterocycles. The summed E-state index contributed by atoms with van der Waals surface area (Å²) >= 11 is 0. The van der Waals surface area contributed by atoms with E-state index in [0.29, 0.717) is 6.54 Å². The van der Waals surface area contributed by atoms with Gasteiger partial charge in [0.2, 0.25) is 0 Å². The molecule has 0 bridgehead atoms. The van der Waals surface area contributed by atoms with Gasteiger partial charge in [-0.05, 0) is 12.5 Å². The van der Waals surface area contributed by atoms with Crippen molar-refractivity contribution in [3.05, 3.63) is 39.9 Å². The van der Waals surface area contributed by atoms with Gasteiger partial charge in [0.05, 0.1) is 11.5 Å². The maximum absolute atomic E-state index is 12.1. The van der Waals surface area contributed by atoms with Gasteiger partial charge >= 0.3 is 0 Å². The molecule has 0 spiro atoms. The normalized spacial score (nSPS) is 10.1. The van der Waals surface area contributed by atoms with Crippen molar-refractivity contribution >= 4 is 11.6 Å². The third-order valence-corrected chi connectivity index (χ3v) is 2.45. The van der Waals surface area contributed by atoms with Crippen molar-refractivity contribution in [1.29, 1.82) is 0 Å². The summed E-state index contributed by atoms with van der Waals surface area (Å²) in [7, 11) is 0. The Hall–Kier alpha value is -1.95. The molecule has 0 unspecified atom stereocenters. The van der Waals surface area contributed by atoms with E-state index in [2.05, 4.69) is 0 Å². The number of rotatable bonds is 6. The molecule has 6 nitrogen and oxygen atoms in total. The van der Waals surface area contributed by atoms with Crippen molar-refractivity contribution in [2.45, 2.75) is 13.3 Å². The molecule has 0 aliphatic carbocycles. The standard InChI is InChI=1S/C12H16N2O4/c1-2-6-13(7-8-15)12(16)10-4-3-5-11(9-10)14(17)18/h3-5,9,15H,2,6-8H2,1H3. The van der Waals surface area contributed by atoms with Crippen molar-refractivity contribution in [2.24, 2.45) is 0 Å². The molecular formula is C12H16N2O4. The second-order valence-electron chi connectivity index (χ2n) is 3.82. The summed E-state index contributed by atoms with van der Waals surface area (Å²) in [5.41, 5.74) is 0.160. The number of carbonyl (C=O) groups excluding carboxylic acids is 1. The molecule has 1 rings (SSSR count). The number of non-ortho nitro benzene ring substituents is 1. The Labute approximate surface area is 105 Å². The molecule has 0 atom stereocenters. The van der Waals surface area contributed by atoms with Crippen molar-refractivity contribution < 1.29 is 14.8 Å². The second kappa shape index (κ2) is 6.70. The molecule has 1 amide bonds. The third-order valence-electron chi connectivity index (χ3n) is 2.45. The highest BCUT2D eigenvalue weighted by Gasteiger charge is 2.16. The molecule has 98 valence electrons. The Balaban J connectivity index is 2.93. The van der Waals surface area contributed by atoms with Crippen LogP contribution in [-0.4, -0.2) is 40.5 Å². The summed E-state index contributed by atoms with van der Waals surface area (Å²) in [5, 5.41) is 19.5. The van der Waals surface area contributed by atoms with Crippen LogP contribution in [0.2, 0.25) is 0 Å². The van der Waals surface area contributed by atoms with E-state index in [9.17, 15) is 14.9 Å². The lowest BCUT2D eigenvalue weighted by molar-refractivity contribution is -0.384. The fraction of sp³-hybridized carbons (Fsp3) is 0.417. The molecular weight excluding hydrogens is 236 g/mol. The van der Waals surface area contributed by atoms with Crippen LogP contribution in [0, 0.1) is 10.1 Å². The summed E-state index contributed by atoms with van der Waals surface area (Å²) < 4.78 is 0. The van der Waals surface area contributed by atoms with E-state index in [1.54, 1.807) is 0 Å². The number of hydrogen-bond acceptors (Lipinski definition) is 4. The Kier molecular flexibility index (Phi) is 5.26. The first-order valence-corrected chi connectivity index (χ1v) is 5.74. The average molecular weight is 252 g/mol. The average Bonchev–Trinajstić information content (AvgIpc) is 2.38. The van der Waals surface area contributed by atoms with Gasteiger partial charge in [0.1, 0.15) is 0 Å². The number of aliphatic hydroxyl groups is 1. The van der Waals surface area contributed by atoms with E-state index in [1.807, 2.05) is 6.92 Å². The van der Waals surface area contributed by atoms with Crippen LogP contribution in [0.15, 0.2) is 24.3 Å². The topological polar surface area (TPSA) is 83.7 Å². The highest BCUT2D eigenvalue weighted by Crippen LogP contribution is 2.14. The van der Waals surface area contributed by atoms with Gasteiger partial charge in [-0.3, -0.25) is 14.9 Å². The zero-order valence-electron chi connectivity index (χ0n) is 10.2. The lowest BCUT2D eigenvalue weighted by Gasteiger charge is -2.20. The molecule has 0 saturated carbocycles. The van der Waals surface area contributed by atoms with Gasteiger partial charge in [0.25, 0.3) is 11.6 Å². The molecule has 0 fully saturated rings. The number of nitrogens with zero attached hydrogens (tertiary/aromatic N) is 2. The number of carbonyl (C=O) groups is 1. The smallest absolute Gasteiger partial charge is 0.270 e. The summed E-state index contributed by atoms with van der Waals surface area (Å²) in [4.78, 5) is 23.7. The maximum atomic E-state index is 12.1. The number of nitro groups is 1. The van der Waals surface area contributed by atoms with Gasteiger partial charge in [-0.15, -0.1) is 0 Å². The Morgan fingerprint density at radius 3 is 2.72 bits per heavy atom. The number of amides is 1. The zero-order chi connectivity index (χ0) is 13.5. The molecule has 18 heavy (non-hydrogen) atoms. The van der Waals surface area contributed by atoms with E-state index in [1.165, 1.54) is 29.2 Å². The fourth-order valence-electron chi connectivity index (χ4n) is 1.64. The highest BCUT2D eigenvalue weighted by atomic mass is 16.6. The van der Waals surface area contributed by atoms with Crippen LogP contribution in [0.3, 0.4) is 0 Å². The van der Waals surface area contributed by atoms with Crippen molar-refractivity contribution in [3.63, 3.8) is 0 Å². The van der Waals surface area contributed by atoms with Crippen LogP contribution < -0.4 is 0 Å². The van der Waals surface area contributed by atoms with Crippen LogP contribution >= 0.6 is 0 Å². The lowest BCUT2D eigenvalue weighted by atomic mass is 10.1. The summed E-state index contributed by atoms with van der Waals surface area (Å²) in [6, 6.07) is 5.61. The van der Waals surface area contributed by atoms with Crippen LogP contribution in [0.1, 0.15) is 23.7 Å². The van der Waals surface area contributed by atoms with E-state index >= 15 is 0 Å². The van der Waals surface area contributed by atoms with Crippen LogP contribution in [-0.2, 0) is 0 Å². The molecule has 0 saturated heterocycles. The van der Waals surface area contributed by atoms with Gasteiger partial charge in [-0.25, -0.2) is 0 Å². The van der Waals surface area contributed by atoms with Crippen LogP contribution in [0.5, 0.6) is 0 Å². The van der Waals surface area contributed by atoms with Gasteiger partial charge in [-0.1, -0.05) is 13.0 Å². The predicted molar refractivity (Wildman–Crippen MR) is 66.4 cm³/mol. The minimum absolute atomic E-state index is 0.110. The minimum atomic E-state index is -0.535. The summed E-state index contributed by atoms with van der Waals surface area (Å²) in [5.74, 6) is -0.297. The first kappa shape index (κ1) is 14.1. The second-order valence-corrected chi connectivity index (χ2v) is 3.82. The largest absolute Gasteiger partial charge is 0.395 e. The monoisotopic (exact) mass is 252 g/mol. The lowest BCUT2D eigenvalue weighted by Crippen LogP contribution is -2.34. The molecule has 6 heteroatoms. The predicted octanol–water partition coefficient (Wildman–Crippen LogP) is 1.44. The molecule has 0 heterocycles. The van der Waals surface area contributed by atoms with Gasteiger partial charge < -0.3 is 10.0 Å². The Morgan fingerprint density at radius 2 is 2.17 bits per heavy atom. The van der Waals surface area contributed by atoms with Crippen LogP contribution in [0.4, 0.5) is 5.69 Å².